The normalized spacial score (nSPS) is 19.8. The molecule has 1 rings (SSSR count). The summed E-state index contributed by atoms with van der Waals surface area (Å²) in [6.45, 7) is 13.4. The Morgan fingerprint density at radius 1 is 0.971 bits per heavy atom. The number of rotatable bonds is 18. The number of carbonyl (C=O) groups is 1. The summed E-state index contributed by atoms with van der Waals surface area (Å²) in [6.07, 6.45) is 18.8. The zero-order valence-corrected chi connectivity index (χ0v) is 23.5. The van der Waals surface area contributed by atoms with Gasteiger partial charge in [0.05, 0.1) is 11.4 Å². The highest BCUT2D eigenvalue weighted by molar-refractivity contribution is 6.71. The molecule has 0 unspecified atom stereocenters. The van der Waals surface area contributed by atoms with Gasteiger partial charge in [-0.05, 0) is 71.3 Å². The Hall–Kier alpha value is -1.89. The van der Waals surface area contributed by atoms with Crippen LogP contribution in [0, 0.1) is 11.8 Å². The Bertz CT molecular complexity index is 695. The van der Waals surface area contributed by atoms with Crippen molar-refractivity contribution in [3.63, 3.8) is 0 Å². The molecular formula is C27H48N2O4Si. The largest absolute Gasteiger partial charge is 0.520 e. The summed E-state index contributed by atoms with van der Waals surface area (Å²) in [6, 6.07) is 0. The summed E-state index contributed by atoms with van der Waals surface area (Å²) in [4.78, 5) is 22.6. The van der Waals surface area contributed by atoms with Crippen LogP contribution >= 0.6 is 0 Å². The summed E-state index contributed by atoms with van der Waals surface area (Å²) in [5, 5.41) is 8.68. The third-order valence-corrected chi connectivity index (χ3v) is 6.40. The number of allylic oxidation sites excluding steroid dienone is 4. The lowest BCUT2D eigenvalue weighted by Gasteiger charge is -2.18. The van der Waals surface area contributed by atoms with Gasteiger partial charge in [0.25, 0.3) is 5.97 Å². The van der Waals surface area contributed by atoms with Crippen molar-refractivity contribution >= 4 is 25.7 Å². The summed E-state index contributed by atoms with van der Waals surface area (Å²) >= 11 is 0. The molecule has 0 aromatic heterocycles. The van der Waals surface area contributed by atoms with Gasteiger partial charge in [0, 0.05) is 18.3 Å². The standard InChI is InChI=1S/C27H48N2O4Si/c1-7-10-13-16-24(28-31-8-2)21-19-23-20-22-26(29-32-9-3)25(23)17-14-11-12-15-18-27(30)33-34(4,5)6/h19-23,25H,7-18H2,1-6H3/b21-19+,28-24?,29-26+/t23-,25+/m0/s1. The van der Waals surface area contributed by atoms with Gasteiger partial charge in [-0.3, -0.25) is 4.79 Å². The first-order chi connectivity index (χ1) is 16.3. The molecule has 0 spiro atoms. The monoisotopic (exact) mass is 492 g/mol. The van der Waals surface area contributed by atoms with Crippen molar-refractivity contribution in [2.24, 2.45) is 22.1 Å². The summed E-state index contributed by atoms with van der Waals surface area (Å²) in [5.41, 5.74) is 2.02. The maximum atomic E-state index is 11.9. The molecule has 0 saturated heterocycles. The SMILES string of the molecule is CCCCCC(/C=C/[C@H]1C=C/C(=N\OCC)[C@@H]1CCCCCCC(=O)O[Si](C)(C)C)=NOCC. The van der Waals surface area contributed by atoms with Crippen LogP contribution < -0.4 is 0 Å². The van der Waals surface area contributed by atoms with Crippen LogP contribution in [-0.2, 0) is 18.9 Å². The van der Waals surface area contributed by atoms with E-state index in [4.69, 9.17) is 14.1 Å². The van der Waals surface area contributed by atoms with Gasteiger partial charge in [0.15, 0.2) is 0 Å². The predicted molar refractivity (Wildman–Crippen MR) is 145 cm³/mol. The first-order valence-corrected chi connectivity index (χ1v) is 16.7. The lowest BCUT2D eigenvalue weighted by atomic mass is 9.88. The van der Waals surface area contributed by atoms with E-state index < -0.39 is 8.32 Å². The minimum atomic E-state index is -1.78. The average Bonchev–Trinajstić information content (AvgIpc) is 3.16. The topological polar surface area (TPSA) is 69.5 Å². The van der Waals surface area contributed by atoms with Crippen molar-refractivity contribution in [1.82, 2.24) is 0 Å². The lowest BCUT2D eigenvalue weighted by Crippen LogP contribution is -2.28. The number of oxime groups is 2. The van der Waals surface area contributed by atoms with Crippen molar-refractivity contribution in [3.05, 3.63) is 24.3 Å². The van der Waals surface area contributed by atoms with E-state index in [1.165, 1.54) is 12.8 Å². The summed E-state index contributed by atoms with van der Waals surface area (Å²) < 4.78 is 5.53. The van der Waals surface area contributed by atoms with Gasteiger partial charge >= 0.3 is 0 Å². The second-order valence-corrected chi connectivity index (χ2v) is 14.3. The van der Waals surface area contributed by atoms with Crippen LogP contribution in [0.2, 0.25) is 19.6 Å². The van der Waals surface area contributed by atoms with Gasteiger partial charge in [0.2, 0.25) is 8.32 Å². The van der Waals surface area contributed by atoms with Gasteiger partial charge in [-0.2, -0.15) is 0 Å². The fourth-order valence-corrected chi connectivity index (χ4v) is 4.69. The number of hydrogen-bond donors (Lipinski definition) is 0. The van der Waals surface area contributed by atoms with E-state index in [2.05, 4.69) is 41.5 Å². The van der Waals surface area contributed by atoms with E-state index in [0.29, 0.717) is 25.6 Å². The van der Waals surface area contributed by atoms with Crippen LogP contribution in [0.1, 0.15) is 85.0 Å². The third kappa shape index (κ3) is 13.7. The van der Waals surface area contributed by atoms with Crippen molar-refractivity contribution < 1.29 is 18.9 Å². The fraction of sp³-hybridized carbons (Fsp3) is 0.741. The molecule has 0 amide bonds. The fourth-order valence-electron chi connectivity index (χ4n) is 3.91. The van der Waals surface area contributed by atoms with E-state index in [0.717, 1.165) is 56.4 Å². The second-order valence-electron chi connectivity index (χ2n) is 9.83. The molecule has 0 aliphatic heterocycles. The van der Waals surface area contributed by atoms with Gasteiger partial charge in [-0.15, -0.1) is 0 Å². The molecule has 0 fully saturated rings. The summed E-state index contributed by atoms with van der Waals surface area (Å²) in [7, 11) is -1.78. The molecule has 0 saturated carbocycles. The van der Waals surface area contributed by atoms with E-state index >= 15 is 0 Å². The zero-order chi connectivity index (χ0) is 25.2. The Kier molecular flexibility index (Phi) is 15.5. The van der Waals surface area contributed by atoms with Crippen LogP contribution in [-0.4, -0.2) is 38.9 Å². The highest BCUT2D eigenvalue weighted by Crippen LogP contribution is 2.30. The molecule has 0 aromatic carbocycles. The van der Waals surface area contributed by atoms with Crippen LogP contribution in [0.25, 0.3) is 0 Å². The highest BCUT2D eigenvalue weighted by Gasteiger charge is 2.27. The van der Waals surface area contributed by atoms with Crippen molar-refractivity contribution in [3.8, 4) is 0 Å². The molecule has 6 nitrogen and oxygen atoms in total. The van der Waals surface area contributed by atoms with Gasteiger partial charge < -0.3 is 14.1 Å². The minimum Gasteiger partial charge on any atom is -0.520 e. The minimum absolute atomic E-state index is 0.0426. The average molecular weight is 493 g/mol. The first kappa shape index (κ1) is 30.1. The van der Waals surface area contributed by atoms with Crippen LogP contribution in [0.5, 0.6) is 0 Å². The number of unbranched alkanes of at least 4 members (excludes halogenated alkanes) is 5. The van der Waals surface area contributed by atoms with Gasteiger partial charge in [-0.25, -0.2) is 0 Å². The Balaban J connectivity index is 2.61. The molecule has 0 heterocycles. The molecule has 194 valence electrons. The van der Waals surface area contributed by atoms with E-state index in [-0.39, 0.29) is 11.9 Å². The van der Waals surface area contributed by atoms with Crippen LogP contribution in [0.4, 0.5) is 0 Å². The van der Waals surface area contributed by atoms with E-state index in [1.807, 2.05) is 33.5 Å². The Morgan fingerprint density at radius 3 is 2.35 bits per heavy atom. The Morgan fingerprint density at radius 2 is 1.68 bits per heavy atom. The number of nitrogens with zero attached hydrogens (tertiary/aromatic N) is 2. The smallest absolute Gasteiger partial charge is 0.292 e. The maximum Gasteiger partial charge on any atom is 0.292 e. The molecule has 7 heteroatoms. The number of carbonyl (C=O) groups excluding carboxylic acids is 1. The zero-order valence-electron chi connectivity index (χ0n) is 22.5. The third-order valence-electron chi connectivity index (χ3n) is 5.56. The molecule has 0 aromatic rings. The molecule has 0 N–H and O–H groups in total. The molecule has 34 heavy (non-hydrogen) atoms. The van der Waals surface area contributed by atoms with Crippen molar-refractivity contribution in [1.29, 1.82) is 0 Å². The molecule has 2 atom stereocenters. The maximum absolute atomic E-state index is 11.9. The lowest BCUT2D eigenvalue weighted by molar-refractivity contribution is -0.135. The van der Waals surface area contributed by atoms with Crippen molar-refractivity contribution in [2.45, 2.75) is 105 Å². The van der Waals surface area contributed by atoms with Gasteiger partial charge in [0.1, 0.15) is 13.2 Å². The van der Waals surface area contributed by atoms with Crippen molar-refractivity contribution in [2.75, 3.05) is 13.2 Å². The summed E-state index contributed by atoms with van der Waals surface area (Å²) in [5.74, 6) is 0.548. The van der Waals surface area contributed by atoms with E-state index in [1.54, 1.807) is 0 Å². The first-order valence-electron chi connectivity index (χ1n) is 13.3. The van der Waals surface area contributed by atoms with Crippen LogP contribution in [0.15, 0.2) is 34.6 Å². The molecule has 1 aliphatic rings. The Labute approximate surface area is 209 Å². The predicted octanol–water partition coefficient (Wildman–Crippen LogP) is 7.43. The molecule has 0 bridgehead atoms. The second kappa shape index (κ2) is 17.5. The van der Waals surface area contributed by atoms with Gasteiger partial charge in [-0.1, -0.05) is 61.5 Å². The van der Waals surface area contributed by atoms with E-state index in [9.17, 15) is 4.79 Å². The molecular weight excluding hydrogens is 444 g/mol. The highest BCUT2D eigenvalue weighted by atomic mass is 28.4. The van der Waals surface area contributed by atoms with Crippen LogP contribution in [0.3, 0.4) is 0 Å². The molecule has 0 radical (unpaired) electrons. The number of hydrogen-bond acceptors (Lipinski definition) is 6. The quantitative estimate of drug-likeness (QED) is 0.0863. The molecule has 1 aliphatic carbocycles.